The van der Waals surface area contributed by atoms with Gasteiger partial charge in [0, 0.05) is 32.7 Å². The lowest BCUT2D eigenvalue weighted by atomic mass is 10.0. The lowest BCUT2D eigenvalue weighted by Gasteiger charge is -2.31. The zero-order valence-electron chi connectivity index (χ0n) is 13.0. The summed E-state index contributed by atoms with van der Waals surface area (Å²) in [6.45, 7) is 10.3. The number of hydrogen-bond donors (Lipinski definition) is 1. The molecule has 2 rings (SSSR count). The maximum atomic E-state index is 12.0. The number of aliphatic hydroxyl groups is 1. The molecule has 0 radical (unpaired) electrons. The Morgan fingerprint density at radius 3 is 2.45 bits per heavy atom. The predicted octanol–water partition coefficient (Wildman–Crippen LogP) is 1.70. The molecule has 0 aromatic heterocycles. The summed E-state index contributed by atoms with van der Waals surface area (Å²) in [7, 11) is 0. The Hall–Kier alpha value is -0.810. The van der Waals surface area contributed by atoms with Gasteiger partial charge >= 0.3 is 6.09 Å². The molecule has 0 aromatic rings. The van der Waals surface area contributed by atoms with Gasteiger partial charge in [-0.15, -0.1) is 0 Å². The maximum Gasteiger partial charge on any atom is 0.410 e. The number of carbonyl (C=O) groups is 1. The van der Waals surface area contributed by atoms with Crippen molar-refractivity contribution in [2.75, 3.05) is 32.7 Å². The molecule has 0 spiro atoms. The van der Waals surface area contributed by atoms with Crippen LogP contribution >= 0.6 is 0 Å². The Morgan fingerprint density at radius 1 is 1.20 bits per heavy atom. The summed E-state index contributed by atoms with van der Waals surface area (Å²) in [4.78, 5) is 16.2. The summed E-state index contributed by atoms with van der Waals surface area (Å²) >= 11 is 0. The molecular weight excluding hydrogens is 256 g/mol. The SMILES string of the molecule is CC(C)(C)OC(=O)N1CCC(CN2CCC(O)CC2)C1. The molecule has 2 aliphatic heterocycles. The van der Waals surface area contributed by atoms with Crippen LogP contribution in [0.4, 0.5) is 4.79 Å². The van der Waals surface area contributed by atoms with Crippen LogP contribution in [0.15, 0.2) is 0 Å². The van der Waals surface area contributed by atoms with Gasteiger partial charge in [-0.2, -0.15) is 0 Å². The summed E-state index contributed by atoms with van der Waals surface area (Å²) in [6.07, 6.45) is 2.51. The quantitative estimate of drug-likeness (QED) is 0.838. The average molecular weight is 284 g/mol. The van der Waals surface area contributed by atoms with E-state index in [1.165, 1.54) is 0 Å². The standard InChI is InChI=1S/C15H28N2O3/c1-15(2,3)20-14(19)17-9-4-12(11-17)10-16-7-5-13(18)6-8-16/h12-13,18H,4-11H2,1-3H3. The number of hydrogen-bond acceptors (Lipinski definition) is 4. The fraction of sp³-hybridized carbons (Fsp3) is 0.933. The third kappa shape index (κ3) is 4.63. The monoisotopic (exact) mass is 284 g/mol. The Labute approximate surface area is 121 Å². The average Bonchev–Trinajstić information content (AvgIpc) is 2.79. The van der Waals surface area contributed by atoms with Crippen LogP contribution in [-0.2, 0) is 4.74 Å². The second kappa shape index (κ2) is 6.31. The minimum atomic E-state index is -0.418. The number of rotatable bonds is 2. The van der Waals surface area contributed by atoms with Crippen molar-refractivity contribution in [2.24, 2.45) is 5.92 Å². The first kappa shape index (κ1) is 15.6. The first-order valence-corrected chi connectivity index (χ1v) is 7.72. The molecule has 2 aliphatic rings. The predicted molar refractivity (Wildman–Crippen MR) is 77.6 cm³/mol. The molecule has 5 heteroatoms. The van der Waals surface area contributed by atoms with E-state index >= 15 is 0 Å². The number of amides is 1. The molecule has 1 atom stereocenters. The molecule has 0 aromatic carbocycles. The molecule has 1 N–H and O–H groups in total. The molecule has 2 saturated heterocycles. The minimum absolute atomic E-state index is 0.118. The Balaban J connectivity index is 1.73. The topological polar surface area (TPSA) is 53.0 Å². The molecule has 0 saturated carbocycles. The van der Waals surface area contributed by atoms with E-state index in [0.29, 0.717) is 5.92 Å². The normalized spacial score (nSPS) is 26.0. The second-order valence-corrected chi connectivity index (χ2v) is 7.11. The van der Waals surface area contributed by atoms with Gasteiger partial charge in [-0.3, -0.25) is 0 Å². The van der Waals surface area contributed by atoms with Crippen LogP contribution < -0.4 is 0 Å². The van der Waals surface area contributed by atoms with Gasteiger partial charge in [0.1, 0.15) is 5.60 Å². The zero-order valence-corrected chi connectivity index (χ0v) is 13.0. The van der Waals surface area contributed by atoms with Gasteiger partial charge in [0.05, 0.1) is 6.10 Å². The summed E-state index contributed by atoms with van der Waals surface area (Å²) in [6, 6.07) is 0. The van der Waals surface area contributed by atoms with E-state index in [0.717, 1.165) is 52.0 Å². The van der Waals surface area contributed by atoms with E-state index < -0.39 is 5.60 Å². The van der Waals surface area contributed by atoms with Crippen molar-refractivity contribution in [3.05, 3.63) is 0 Å². The van der Waals surface area contributed by atoms with Crippen molar-refractivity contribution in [2.45, 2.75) is 51.7 Å². The van der Waals surface area contributed by atoms with Crippen molar-refractivity contribution >= 4 is 6.09 Å². The first-order chi connectivity index (χ1) is 9.33. The van der Waals surface area contributed by atoms with E-state index in [9.17, 15) is 9.90 Å². The van der Waals surface area contributed by atoms with Crippen molar-refractivity contribution in [1.29, 1.82) is 0 Å². The Bertz CT molecular complexity index is 333. The third-order valence-corrected chi connectivity index (χ3v) is 4.01. The zero-order chi connectivity index (χ0) is 14.8. The smallest absolute Gasteiger partial charge is 0.410 e. The molecule has 1 unspecified atom stereocenters. The van der Waals surface area contributed by atoms with Crippen LogP contribution in [-0.4, -0.2) is 65.4 Å². The van der Waals surface area contributed by atoms with Crippen LogP contribution in [0.1, 0.15) is 40.0 Å². The molecule has 2 heterocycles. The number of ether oxygens (including phenoxy) is 1. The van der Waals surface area contributed by atoms with Crippen molar-refractivity contribution < 1.29 is 14.6 Å². The highest BCUT2D eigenvalue weighted by Gasteiger charge is 2.31. The fourth-order valence-corrected chi connectivity index (χ4v) is 2.94. The lowest BCUT2D eigenvalue weighted by Crippen LogP contribution is -2.40. The molecule has 2 fully saturated rings. The van der Waals surface area contributed by atoms with Gasteiger partial charge in [-0.05, 0) is 46.0 Å². The summed E-state index contributed by atoms with van der Waals surface area (Å²) < 4.78 is 5.41. The summed E-state index contributed by atoms with van der Waals surface area (Å²) in [5.41, 5.74) is -0.418. The van der Waals surface area contributed by atoms with E-state index in [1.807, 2.05) is 25.7 Å². The fourth-order valence-electron chi connectivity index (χ4n) is 2.94. The van der Waals surface area contributed by atoms with Crippen LogP contribution in [0.5, 0.6) is 0 Å². The molecule has 0 aliphatic carbocycles. The number of likely N-dealkylation sites (tertiary alicyclic amines) is 2. The van der Waals surface area contributed by atoms with Crippen molar-refractivity contribution in [3.63, 3.8) is 0 Å². The van der Waals surface area contributed by atoms with Gasteiger partial charge in [-0.25, -0.2) is 4.79 Å². The first-order valence-electron chi connectivity index (χ1n) is 7.72. The third-order valence-electron chi connectivity index (χ3n) is 4.01. The Morgan fingerprint density at radius 2 is 1.85 bits per heavy atom. The number of piperidine rings is 1. The molecule has 0 bridgehead atoms. The van der Waals surface area contributed by atoms with Crippen molar-refractivity contribution in [3.8, 4) is 0 Å². The van der Waals surface area contributed by atoms with E-state index in [1.54, 1.807) is 0 Å². The van der Waals surface area contributed by atoms with Gasteiger partial charge in [0.25, 0.3) is 0 Å². The van der Waals surface area contributed by atoms with E-state index in [-0.39, 0.29) is 12.2 Å². The van der Waals surface area contributed by atoms with Gasteiger partial charge in [-0.1, -0.05) is 0 Å². The number of nitrogens with zero attached hydrogens (tertiary/aromatic N) is 2. The molecule has 1 amide bonds. The van der Waals surface area contributed by atoms with Crippen LogP contribution in [0.3, 0.4) is 0 Å². The van der Waals surface area contributed by atoms with E-state index in [4.69, 9.17) is 4.74 Å². The van der Waals surface area contributed by atoms with Gasteiger partial charge in [0.2, 0.25) is 0 Å². The van der Waals surface area contributed by atoms with Gasteiger partial charge < -0.3 is 19.6 Å². The molecular formula is C15H28N2O3. The Kier molecular flexibility index (Phi) is 4.91. The van der Waals surface area contributed by atoms with Crippen LogP contribution in [0.2, 0.25) is 0 Å². The lowest BCUT2D eigenvalue weighted by molar-refractivity contribution is 0.0281. The van der Waals surface area contributed by atoms with Crippen LogP contribution in [0.25, 0.3) is 0 Å². The van der Waals surface area contributed by atoms with Crippen molar-refractivity contribution in [1.82, 2.24) is 9.80 Å². The molecule has 116 valence electrons. The number of aliphatic hydroxyl groups excluding tert-OH is 1. The highest BCUT2D eigenvalue weighted by Crippen LogP contribution is 2.21. The number of carbonyl (C=O) groups excluding carboxylic acids is 1. The molecule has 5 nitrogen and oxygen atoms in total. The molecule has 20 heavy (non-hydrogen) atoms. The summed E-state index contributed by atoms with van der Waals surface area (Å²) in [5, 5.41) is 9.51. The minimum Gasteiger partial charge on any atom is -0.444 e. The maximum absolute atomic E-state index is 12.0. The second-order valence-electron chi connectivity index (χ2n) is 7.11. The highest BCUT2D eigenvalue weighted by molar-refractivity contribution is 5.68. The van der Waals surface area contributed by atoms with Gasteiger partial charge in [0.15, 0.2) is 0 Å². The van der Waals surface area contributed by atoms with Crippen LogP contribution in [0, 0.1) is 5.92 Å². The summed E-state index contributed by atoms with van der Waals surface area (Å²) in [5.74, 6) is 0.540. The largest absolute Gasteiger partial charge is 0.444 e. The van der Waals surface area contributed by atoms with E-state index in [2.05, 4.69) is 4.90 Å². The highest BCUT2D eigenvalue weighted by atomic mass is 16.6.